The summed E-state index contributed by atoms with van der Waals surface area (Å²) in [6.07, 6.45) is 12.4. The number of rotatable bonds is 6. The minimum Gasteiger partial charge on any atom is -0.396 e. The lowest BCUT2D eigenvalue weighted by atomic mass is 9.49. The molecule has 0 saturated heterocycles. The summed E-state index contributed by atoms with van der Waals surface area (Å²) in [7, 11) is 0. The molecule has 0 radical (unpaired) electrons. The zero-order chi connectivity index (χ0) is 22.9. The number of hydrogen-bond donors (Lipinski definition) is 3. The summed E-state index contributed by atoms with van der Waals surface area (Å²) in [5.41, 5.74) is 2.03. The first-order valence-corrected chi connectivity index (χ1v) is 13.6. The van der Waals surface area contributed by atoms with Crippen LogP contribution >= 0.6 is 0 Å². The number of pyridine rings is 1. The highest BCUT2D eigenvalue weighted by atomic mass is 16.3. The third kappa shape index (κ3) is 3.54. The number of aromatic nitrogens is 1. The molecule has 1 heterocycles. The van der Waals surface area contributed by atoms with Crippen molar-refractivity contribution in [2.24, 2.45) is 40.9 Å². The number of carbonyl (C=O) groups excluding carboxylic acids is 1. The van der Waals surface area contributed by atoms with Gasteiger partial charge in [0.2, 0.25) is 5.91 Å². The van der Waals surface area contributed by atoms with E-state index in [0.29, 0.717) is 30.2 Å². The number of amides is 1. The van der Waals surface area contributed by atoms with Crippen LogP contribution in [0.4, 0.5) is 11.5 Å². The van der Waals surface area contributed by atoms with Gasteiger partial charge in [-0.05, 0) is 117 Å². The van der Waals surface area contributed by atoms with E-state index in [-0.39, 0.29) is 17.9 Å². The van der Waals surface area contributed by atoms with Gasteiger partial charge in [0.05, 0.1) is 11.2 Å². The van der Waals surface area contributed by atoms with Crippen LogP contribution in [0.15, 0.2) is 30.3 Å². The van der Waals surface area contributed by atoms with Crippen LogP contribution in [-0.2, 0) is 4.79 Å². The number of fused-ring (bicyclic) bond motifs is 3. The predicted octanol–water partition coefficient (Wildman–Crippen LogP) is 5.60. The molecular formula is C29H37N3O2. The highest BCUT2D eigenvalue weighted by Crippen LogP contribution is 2.61. The Balaban J connectivity index is 1.07. The number of anilines is 2. The molecule has 1 amide bonds. The Morgan fingerprint density at radius 3 is 2.44 bits per heavy atom. The zero-order valence-electron chi connectivity index (χ0n) is 20.0. The van der Waals surface area contributed by atoms with Crippen LogP contribution < -0.4 is 10.6 Å². The van der Waals surface area contributed by atoms with Gasteiger partial charge in [-0.1, -0.05) is 6.07 Å². The van der Waals surface area contributed by atoms with Crippen LogP contribution in [0.3, 0.4) is 0 Å². The first kappa shape index (κ1) is 21.2. The summed E-state index contributed by atoms with van der Waals surface area (Å²) < 4.78 is 0. The standard InChI is InChI=1S/C29H37N3O2/c33-16-23-20-4-5-21(11-20)28(23)32-26-7-6-22-24(30-26)2-1-3-25(22)31-27(34)15-29-12-17-8-18(13-29)10-19(9-17)14-29/h1-3,6-7,17-21,23,28,33H,4-5,8-16H2,(H,30,32)(H,31,34)/t17?,18?,19?,20-,21+,23+,28?,29?/m0/s1. The predicted molar refractivity (Wildman–Crippen MR) is 134 cm³/mol. The molecule has 1 unspecified atom stereocenters. The summed E-state index contributed by atoms with van der Waals surface area (Å²) in [5, 5.41) is 17.8. The van der Waals surface area contributed by atoms with Gasteiger partial charge in [-0.2, -0.15) is 0 Å². The van der Waals surface area contributed by atoms with Crippen molar-refractivity contribution >= 4 is 28.3 Å². The molecule has 1 aromatic heterocycles. The van der Waals surface area contributed by atoms with Crippen molar-refractivity contribution in [3.8, 4) is 0 Å². The molecule has 4 atom stereocenters. The van der Waals surface area contributed by atoms with Crippen molar-refractivity contribution in [3.05, 3.63) is 30.3 Å². The highest BCUT2D eigenvalue weighted by molar-refractivity contribution is 6.01. The molecule has 2 aromatic rings. The van der Waals surface area contributed by atoms with Crippen molar-refractivity contribution in [2.75, 3.05) is 17.2 Å². The molecule has 8 rings (SSSR count). The maximum Gasteiger partial charge on any atom is 0.224 e. The lowest BCUT2D eigenvalue weighted by Gasteiger charge is -2.56. The van der Waals surface area contributed by atoms with Crippen LogP contribution in [0.2, 0.25) is 0 Å². The lowest BCUT2D eigenvalue weighted by molar-refractivity contribution is -0.124. The highest BCUT2D eigenvalue weighted by Gasteiger charge is 2.51. The Kier molecular flexibility index (Phi) is 4.94. The van der Waals surface area contributed by atoms with Crippen LogP contribution in [0.1, 0.15) is 64.2 Å². The third-order valence-electron chi connectivity index (χ3n) is 10.3. The van der Waals surface area contributed by atoms with Crippen molar-refractivity contribution in [1.29, 1.82) is 0 Å². The van der Waals surface area contributed by atoms with E-state index in [1.54, 1.807) is 0 Å². The van der Waals surface area contributed by atoms with E-state index in [4.69, 9.17) is 4.98 Å². The summed E-state index contributed by atoms with van der Waals surface area (Å²) in [6, 6.07) is 10.5. The molecule has 6 aliphatic rings. The molecule has 6 aliphatic carbocycles. The average Bonchev–Trinajstić information content (AvgIpc) is 3.39. The molecule has 34 heavy (non-hydrogen) atoms. The minimum absolute atomic E-state index is 0.171. The fourth-order valence-electron chi connectivity index (χ4n) is 9.45. The second kappa shape index (κ2) is 7.94. The summed E-state index contributed by atoms with van der Waals surface area (Å²) in [6.45, 7) is 0.256. The summed E-state index contributed by atoms with van der Waals surface area (Å²) >= 11 is 0. The van der Waals surface area contributed by atoms with E-state index in [2.05, 4.69) is 16.7 Å². The maximum absolute atomic E-state index is 13.2. The molecule has 1 aromatic carbocycles. The van der Waals surface area contributed by atoms with E-state index in [1.807, 2.05) is 24.3 Å². The van der Waals surface area contributed by atoms with Gasteiger partial charge in [0.25, 0.3) is 0 Å². The molecule has 180 valence electrons. The van der Waals surface area contributed by atoms with Crippen LogP contribution in [0.25, 0.3) is 10.9 Å². The lowest BCUT2D eigenvalue weighted by Crippen LogP contribution is -2.47. The Labute approximate surface area is 202 Å². The zero-order valence-corrected chi connectivity index (χ0v) is 20.0. The molecule has 6 saturated carbocycles. The summed E-state index contributed by atoms with van der Waals surface area (Å²) in [5.74, 6) is 5.29. The fraction of sp³-hybridized carbons (Fsp3) is 0.655. The van der Waals surface area contributed by atoms with Crippen molar-refractivity contribution < 1.29 is 9.90 Å². The van der Waals surface area contributed by atoms with E-state index < -0.39 is 0 Å². The Morgan fingerprint density at radius 1 is 0.971 bits per heavy atom. The molecule has 3 N–H and O–H groups in total. The molecule has 5 nitrogen and oxygen atoms in total. The average molecular weight is 460 g/mol. The van der Waals surface area contributed by atoms with Crippen LogP contribution in [-0.4, -0.2) is 28.6 Å². The van der Waals surface area contributed by atoms with Gasteiger partial charge >= 0.3 is 0 Å². The van der Waals surface area contributed by atoms with E-state index in [9.17, 15) is 9.90 Å². The van der Waals surface area contributed by atoms with Gasteiger partial charge in [-0.3, -0.25) is 4.79 Å². The molecule has 0 aliphatic heterocycles. The largest absolute Gasteiger partial charge is 0.396 e. The first-order chi connectivity index (χ1) is 16.6. The molecule has 6 bridgehead atoms. The van der Waals surface area contributed by atoms with Gasteiger partial charge in [-0.25, -0.2) is 4.98 Å². The van der Waals surface area contributed by atoms with Gasteiger partial charge in [0, 0.05) is 30.4 Å². The topological polar surface area (TPSA) is 74.2 Å². The maximum atomic E-state index is 13.2. The number of carbonyl (C=O) groups is 1. The van der Waals surface area contributed by atoms with E-state index in [1.165, 1.54) is 57.8 Å². The number of nitrogens with one attached hydrogen (secondary N) is 2. The second-order valence-corrected chi connectivity index (χ2v) is 12.6. The third-order valence-corrected chi connectivity index (χ3v) is 10.3. The van der Waals surface area contributed by atoms with Crippen molar-refractivity contribution in [2.45, 2.75) is 70.3 Å². The quantitative estimate of drug-likeness (QED) is 0.526. The molecular weight excluding hydrogens is 422 g/mol. The number of aliphatic hydroxyl groups excluding tert-OH is 1. The van der Waals surface area contributed by atoms with Gasteiger partial charge in [0.1, 0.15) is 5.82 Å². The second-order valence-electron chi connectivity index (χ2n) is 12.6. The SMILES string of the molecule is O=C(CC12CC3CC(CC(C3)C1)C2)Nc1cccc2nc(NC3[C@@H]4CC[C@@H](C4)[C@H]3CO)ccc12. The Hall–Kier alpha value is -2.14. The Morgan fingerprint density at radius 2 is 1.71 bits per heavy atom. The summed E-state index contributed by atoms with van der Waals surface area (Å²) in [4.78, 5) is 18.1. The molecule has 5 heteroatoms. The van der Waals surface area contributed by atoms with Gasteiger partial charge < -0.3 is 15.7 Å². The molecule has 6 fully saturated rings. The van der Waals surface area contributed by atoms with Crippen molar-refractivity contribution in [3.63, 3.8) is 0 Å². The molecule has 0 spiro atoms. The monoisotopic (exact) mass is 459 g/mol. The van der Waals surface area contributed by atoms with E-state index >= 15 is 0 Å². The first-order valence-electron chi connectivity index (χ1n) is 13.6. The number of hydrogen-bond acceptors (Lipinski definition) is 4. The smallest absolute Gasteiger partial charge is 0.224 e. The van der Waals surface area contributed by atoms with Crippen LogP contribution in [0.5, 0.6) is 0 Å². The minimum atomic E-state index is 0.171. The number of benzene rings is 1. The van der Waals surface area contributed by atoms with Crippen molar-refractivity contribution in [1.82, 2.24) is 4.98 Å². The number of aliphatic hydroxyl groups is 1. The number of nitrogens with zero attached hydrogens (tertiary/aromatic N) is 1. The van der Waals surface area contributed by atoms with E-state index in [0.717, 1.165) is 40.2 Å². The van der Waals surface area contributed by atoms with Crippen LogP contribution in [0, 0.1) is 40.9 Å². The van der Waals surface area contributed by atoms with Gasteiger partial charge in [-0.15, -0.1) is 0 Å². The normalized spacial score (nSPS) is 39.6. The van der Waals surface area contributed by atoms with Gasteiger partial charge in [0.15, 0.2) is 0 Å². The fourth-order valence-corrected chi connectivity index (χ4v) is 9.45. The Bertz CT molecular complexity index is 1080.